The molecule has 1 saturated carbocycles. The number of alkyl halides is 2. The molecule has 4 atom stereocenters. The summed E-state index contributed by atoms with van der Waals surface area (Å²) >= 11 is 1.58. The van der Waals surface area contributed by atoms with E-state index in [0.29, 0.717) is 77.0 Å². The van der Waals surface area contributed by atoms with Crippen LogP contribution in [-0.2, 0) is 25.0 Å². The maximum atomic E-state index is 16.5. The molecule has 4 N–H and O–H groups in total. The van der Waals surface area contributed by atoms with E-state index in [-0.39, 0.29) is 46.4 Å². The van der Waals surface area contributed by atoms with Crippen LogP contribution in [0.2, 0.25) is 0 Å². The van der Waals surface area contributed by atoms with Crippen LogP contribution in [0.15, 0.2) is 48.8 Å². The first-order valence-corrected chi connectivity index (χ1v) is 21.7. The maximum Gasteiger partial charge on any atom is 0.407 e. The lowest BCUT2D eigenvalue weighted by Crippen LogP contribution is -2.51. The molecule has 1 spiro atoms. The van der Waals surface area contributed by atoms with Crippen LogP contribution in [0.25, 0.3) is 33.6 Å². The van der Waals surface area contributed by atoms with E-state index in [9.17, 15) is 19.2 Å². The van der Waals surface area contributed by atoms with E-state index in [1.165, 1.54) is 26.4 Å². The average Bonchev–Trinajstić information content (AvgIpc) is 3.84. The van der Waals surface area contributed by atoms with Gasteiger partial charge in [0.2, 0.25) is 11.8 Å². The minimum absolute atomic E-state index is 0.00930. The van der Waals surface area contributed by atoms with Crippen molar-refractivity contribution in [3.63, 3.8) is 0 Å². The number of likely N-dealkylation sites (tertiary alicyclic amines) is 2. The van der Waals surface area contributed by atoms with Gasteiger partial charge in [-0.2, -0.15) is 20.5 Å². The quantitative estimate of drug-likeness (QED) is 0.115. The minimum atomic E-state index is -3.30. The van der Waals surface area contributed by atoms with Gasteiger partial charge in [-0.05, 0) is 85.1 Å². The Balaban J connectivity index is 1.01. The lowest BCUT2D eigenvalue weighted by molar-refractivity contribution is -0.136. The Kier molecular flexibility index (Phi) is 11.1. The van der Waals surface area contributed by atoms with Crippen LogP contribution in [0.1, 0.15) is 87.2 Å². The SMILES string of the molecule is COC(=O)NC(CCSC)C(=O)N1CCC[C@H]1c1ncc(-c2ccc3c(c2)C(F)(F)c2cc(-c4cnc([C@@H]5CC6(CC6)CN5C(=O)[C@@H](NC(=O)OC)C(C)C)[nH]4)ccc2-3)[nH]1. The van der Waals surface area contributed by atoms with Crippen molar-refractivity contribution in [2.45, 2.75) is 82.5 Å². The number of carbonyl (C=O) groups excluding carboxylic acids is 4. The van der Waals surface area contributed by atoms with Crippen molar-refractivity contribution in [1.82, 2.24) is 40.4 Å². The molecule has 318 valence electrons. The van der Waals surface area contributed by atoms with Gasteiger partial charge in [-0.15, -0.1) is 0 Å². The number of nitrogens with zero attached hydrogens (tertiary/aromatic N) is 4. The molecule has 17 heteroatoms. The van der Waals surface area contributed by atoms with E-state index in [1.807, 2.05) is 20.1 Å². The number of methoxy groups -OCH3 is 2. The number of hydrogen-bond acceptors (Lipinski definition) is 9. The van der Waals surface area contributed by atoms with Gasteiger partial charge in [-0.25, -0.2) is 19.6 Å². The minimum Gasteiger partial charge on any atom is -0.453 e. The number of fused-ring (bicyclic) bond motifs is 3. The number of alkyl carbamates (subject to hydrolysis) is 2. The first-order chi connectivity index (χ1) is 28.8. The summed E-state index contributed by atoms with van der Waals surface area (Å²) in [7, 11) is 2.52. The molecular weight excluding hydrogens is 795 g/mol. The van der Waals surface area contributed by atoms with Crippen molar-refractivity contribution in [2.75, 3.05) is 39.3 Å². The van der Waals surface area contributed by atoms with E-state index >= 15 is 8.78 Å². The van der Waals surface area contributed by atoms with Gasteiger partial charge in [0, 0.05) is 35.3 Å². The molecule has 8 rings (SSSR count). The molecule has 14 nitrogen and oxygen atoms in total. The molecule has 1 unspecified atom stereocenters. The average molecular weight is 845 g/mol. The number of imidazole rings is 2. The number of benzene rings is 2. The number of ether oxygens (including phenoxy) is 2. The van der Waals surface area contributed by atoms with Crippen LogP contribution in [0, 0.1) is 11.3 Å². The van der Waals surface area contributed by atoms with Crippen molar-refractivity contribution in [1.29, 1.82) is 0 Å². The molecule has 60 heavy (non-hydrogen) atoms. The highest BCUT2D eigenvalue weighted by atomic mass is 32.2. The summed E-state index contributed by atoms with van der Waals surface area (Å²) in [5, 5.41) is 5.36. The number of H-pyrrole nitrogens is 2. The van der Waals surface area contributed by atoms with Gasteiger partial charge in [0.1, 0.15) is 23.7 Å². The Morgan fingerprint density at radius 2 is 1.45 bits per heavy atom. The lowest BCUT2D eigenvalue weighted by atomic mass is 10.0. The Bertz CT molecular complexity index is 2310. The fourth-order valence-corrected chi connectivity index (χ4v) is 9.49. The van der Waals surface area contributed by atoms with Gasteiger partial charge >= 0.3 is 12.2 Å². The second-order valence-electron chi connectivity index (χ2n) is 16.7. The number of aromatic amines is 2. The number of amides is 4. The Morgan fingerprint density at radius 1 is 0.867 bits per heavy atom. The monoisotopic (exact) mass is 844 g/mol. The number of hydrogen-bond donors (Lipinski definition) is 4. The number of thioether (sulfide) groups is 1. The van der Waals surface area contributed by atoms with Crippen molar-refractivity contribution in [3.8, 4) is 33.6 Å². The molecule has 2 aromatic heterocycles. The fourth-order valence-electron chi connectivity index (χ4n) is 9.02. The Hall–Kier alpha value is -5.45. The van der Waals surface area contributed by atoms with Crippen LogP contribution in [-0.4, -0.2) is 105 Å². The number of rotatable bonds is 12. The molecule has 2 aromatic carbocycles. The van der Waals surface area contributed by atoms with Crippen molar-refractivity contribution < 1.29 is 37.4 Å². The van der Waals surface area contributed by atoms with Crippen molar-refractivity contribution in [2.24, 2.45) is 11.3 Å². The van der Waals surface area contributed by atoms with E-state index < -0.39 is 30.2 Å². The third kappa shape index (κ3) is 7.60. The Morgan fingerprint density at radius 3 is 2.00 bits per heavy atom. The predicted octanol–water partition coefficient (Wildman–Crippen LogP) is 7.16. The maximum absolute atomic E-state index is 16.5. The van der Waals surface area contributed by atoms with Crippen molar-refractivity contribution in [3.05, 3.63) is 71.6 Å². The molecule has 0 radical (unpaired) electrons. The first kappa shape index (κ1) is 41.3. The molecule has 3 fully saturated rings. The van der Waals surface area contributed by atoms with Gasteiger partial charge < -0.3 is 39.9 Å². The fraction of sp³-hybridized carbons (Fsp3) is 0.488. The zero-order valence-electron chi connectivity index (χ0n) is 34.3. The molecule has 2 aliphatic heterocycles. The third-order valence-electron chi connectivity index (χ3n) is 12.5. The van der Waals surface area contributed by atoms with Gasteiger partial charge in [-0.3, -0.25) is 9.59 Å². The molecule has 4 aromatic rings. The topological polar surface area (TPSA) is 175 Å². The summed E-state index contributed by atoms with van der Waals surface area (Å²) in [6.07, 6.45) is 8.38. The zero-order chi connectivity index (χ0) is 42.5. The smallest absolute Gasteiger partial charge is 0.407 e. The second kappa shape index (κ2) is 16.2. The summed E-state index contributed by atoms with van der Waals surface area (Å²) < 4.78 is 42.6. The standard InChI is InChI=1S/C43H50F2N8O6S/c1-23(2)35(51-41(57)59-4)39(55)53-22-42(13-14-42)19-34(53)37-47-21-32(49-37)25-9-11-27-26-10-8-24(17-28(26)43(44,45)29(27)18-25)31-20-46-36(48-31)33-7-6-15-52(33)38(54)30(12-16-60-5)50-40(56)58-3/h8-11,17-18,20-21,23,30,33-35H,6-7,12-16,19,22H2,1-5H3,(H,46,48)(H,47,49)(H,50,56)(H,51,57)/t30?,33-,34-,35-/m0/s1. The molecular formula is C43H50F2N8O6S. The number of carbonyl (C=O) groups is 4. The summed E-state index contributed by atoms with van der Waals surface area (Å²) in [4.78, 5) is 71.2. The third-order valence-corrected chi connectivity index (χ3v) is 13.2. The largest absolute Gasteiger partial charge is 0.453 e. The van der Waals surface area contributed by atoms with E-state index in [1.54, 1.807) is 58.2 Å². The van der Waals surface area contributed by atoms with E-state index in [0.717, 1.165) is 25.7 Å². The number of halogens is 2. The lowest BCUT2D eigenvalue weighted by Gasteiger charge is -2.30. The van der Waals surface area contributed by atoms with Crippen LogP contribution in [0.3, 0.4) is 0 Å². The zero-order valence-corrected chi connectivity index (χ0v) is 35.1. The van der Waals surface area contributed by atoms with Gasteiger partial charge in [0.05, 0.1) is 50.1 Å². The molecule has 0 bridgehead atoms. The number of aromatic nitrogens is 4. The van der Waals surface area contributed by atoms with Crippen LogP contribution in [0.5, 0.6) is 0 Å². The highest BCUT2D eigenvalue weighted by Crippen LogP contribution is 2.58. The highest BCUT2D eigenvalue weighted by Gasteiger charge is 2.55. The summed E-state index contributed by atoms with van der Waals surface area (Å²) in [6.45, 7) is 4.78. The van der Waals surface area contributed by atoms with E-state index in [4.69, 9.17) is 9.47 Å². The first-order valence-electron chi connectivity index (χ1n) is 20.3. The summed E-state index contributed by atoms with van der Waals surface area (Å²) in [5.74, 6) is -2.13. The molecule has 4 amide bonds. The van der Waals surface area contributed by atoms with Gasteiger partial charge in [0.15, 0.2) is 0 Å². The molecule has 4 aliphatic rings. The molecule has 2 saturated heterocycles. The molecule has 4 heterocycles. The van der Waals surface area contributed by atoms with Crippen LogP contribution in [0.4, 0.5) is 18.4 Å². The van der Waals surface area contributed by atoms with Crippen LogP contribution >= 0.6 is 11.8 Å². The highest BCUT2D eigenvalue weighted by molar-refractivity contribution is 7.98. The molecule has 2 aliphatic carbocycles. The van der Waals surface area contributed by atoms with Gasteiger partial charge in [-0.1, -0.05) is 38.1 Å². The van der Waals surface area contributed by atoms with Gasteiger partial charge in [0.25, 0.3) is 5.92 Å². The van der Waals surface area contributed by atoms with Crippen LogP contribution < -0.4 is 10.6 Å². The second-order valence-corrected chi connectivity index (χ2v) is 17.6. The predicted molar refractivity (Wildman–Crippen MR) is 221 cm³/mol. The summed E-state index contributed by atoms with van der Waals surface area (Å²) in [5.41, 5.74) is 2.82. The Labute approximate surface area is 351 Å². The normalized spacial score (nSPS) is 20.5. The summed E-state index contributed by atoms with van der Waals surface area (Å²) in [6, 6.07) is 7.75. The number of nitrogens with one attached hydrogen (secondary N) is 4. The van der Waals surface area contributed by atoms with Crippen molar-refractivity contribution >= 4 is 35.8 Å². The van der Waals surface area contributed by atoms with E-state index in [2.05, 4.69) is 30.6 Å².